The van der Waals surface area contributed by atoms with Gasteiger partial charge in [-0.15, -0.1) is 0 Å². The molecule has 7 heteroatoms. The summed E-state index contributed by atoms with van der Waals surface area (Å²) < 4.78 is 41.2. The number of hydrogen-bond acceptors (Lipinski definition) is 4. The van der Waals surface area contributed by atoms with E-state index in [1.54, 1.807) is 0 Å². The second-order valence-electron chi connectivity index (χ2n) is 3.09. The number of alkyl halides is 3. The van der Waals surface area contributed by atoms with E-state index in [1.807, 2.05) is 0 Å². The molecule has 1 atom stereocenters. The second kappa shape index (κ2) is 5.42. The zero-order valence-corrected chi connectivity index (χ0v) is 9.64. The van der Waals surface area contributed by atoms with Crippen LogP contribution in [0.2, 0.25) is 0 Å². The minimum absolute atomic E-state index is 0.0988. The molecule has 0 aliphatic heterocycles. The van der Waals surface area contributed by atoms with Gasteiger partial charge in [0.05, 0.1) is 7.11 Å². The Balaban J connectivity index is 3.03. The minimum atomic E-state index is -4.42. The Labute approximate surface area is 100 Å². The van der Waals surface area contributed by atoms with Gasteiger partial charge in [0.2, 0.25) is 0 Å². The Hall–Kier alpha value is -1.21. The molecule has 0 aliphatic rings. The smallest absolute Gasteiger partial charge is 0.446 e. The summed E-state index contributed by atoms with van der Waals surface area (Å²) in [6, 6.07) is 4.37. The highest BCUT2D eigenvalue weighted by Gasteiger charge is 2.32. The van der Waals surface area contributed by atoms with E-state index in [2.05, 4.69) is 4.74 Å². The van der Waals surface area contributed by atoms with Crippen LogP contribution in [0, 0.1) is 0 Å². The molecule has 0 radical (unpaired) electrons. The van der Waals surface area contributed by atoms with Crippen molar-refractivity contribution in [3.8, 4) is 0 Å². The van der Waals surface area contributed by atoms with Crippen LogP contribution in [-0.2, 0) is 9.53 Å². The fourth-order valence-corrected chi connectivity index (χ4v) is 1.92. The van der Waals surface area contributed by atoms with Gasteiger partial charge in [0.25, 0.3) is 0 Å². The molecule has 1 unspecified atom stereocenters. The Morgan fingerprint density at radius 2 is 2.00 bits per heavy atom. The molecule has 1 rings (SSSR count). The number of halogens is 3. The molecule has 0 spiro atoms. The third-order valence-electron chi connectivity index (χ3n) is 1.93. The van der Waals surface area contributed by atoms with Gasteiger partial charge in [0.15, 0.2) is 0 Å². The molecule has 1 aromatic carbocycles. The van der Waals surface area contributed by atoms with E-state index in [0.717, 1.165) is 7.11 Å². The first kappa shape index (κ1) is 13.9. The number of thioether (sulfide) groups is 1. The summed E-state index contributed by atoms with van der Waals surface area (Å²) >= 11 is -0.304. The molecule has 2 N–H and O–H groups in total. The molecule has 0 saturated carbocycles. The van der Waals surface area contributed by atoms with Crippen LogP contribution in [0.3, 0.4) is 0 Å². The van der Waals surface area contributed by atoms with Gasteiger partial charge >= 0.3 is 11.5 Å². The van der Waals surface area contributed by atoms with Gasteiger partial charge in [0, 0.05) is 4.90 Å². The van der Waals surface area contributed by atoms with Crippen LogP contribution in [0.1, 0.15) is 11.6 Å². The average Bonchev–Trinajstić information content (AvgIpc) is 2.25. The Kier molecular flexibility index (Phi) is 4.41. The molecule has 17 heavy (non-hydrogen) atoms. The van der Waals surface area contributed by atoms with Crippen molar-refractivity contribution in [1.82, 2.24) is 0 Å². The molecule has 0 fully saturated rings. The standard InChI is InChI=1S/C10H10F3NO2S/c1-16-9(15)8(14)6-4-2-3-5-7(6)17-10(11,12)13/h2-5,8H,14H2,1H3. The van der Waals surface area contributed by atoms with Crippen molar-refractivity contribution in [1.29, 1.82) is 0 Å². The summed E-state index contributed by atoms with van der Waals surface area (Å²) in [6.07, 6.45) is 0. The van der Waals surface area contributed by atoms with Crippen LogP contribution in [0.4, 0.5) is 13.2 Å². The number of carbonyl (C=O) groups is 1. The summed E-state index contributed by atoms with van der Waals surface area (Å²) in [5.74, 6) is -0.778. The number of hydrogen-bond donors (Lipinski definition) is 1. The van der Waals surface area contributed by atoms with Gasteiger partial charge in [-0.05, 0) is 23.4 Å². The lowest BCUT2D eigenvalue weighted by atomic mass is 10.1. The zero-order chi connectivity index (χ0) is 13.1. The van der Waals surface area contributed by atoms with Crippen molar-refractivity contribution in [3.05, 3.63) is 29.8 Å². The summed E-state index contributed by atoms with van der Waals surface area (Å²) in [6.45, 7) is 0. The maximum atomic E-state index is 12.3. The first-order valence-corrected chi connectivity index (χ1v) is 5.35. The predicted octanol–water partition coefficient (Wildman–Crippen LogP) is 2.47. The van der Waals surface area contributed by atoms with Crippen molar-refractivity contribution in [3.63, 3.8) is 0 Å². The second-order valence-corrected chi connectivity index (χ2v) is 4.19. The van der Waals surface area contributed by atoms with Gasteiger partial charge < -0.3 is 10.5 Å². The van der Waals surface area contributed by atoms with Crippen molar-refractivity contribution >= 4 is 17.7 Å². The highest BCUT2D eigenvalue weighted by Crippen LogP contribution is 2.39. The third-order valence-corrected chi connectivity index (χ3v) is 2.76. The van der Waals surface area contributed by atoms with Crippen LogP contribution < -0.4 is 5.73 Å². The molecule has 0 bridgehead atoms. The summed E-state index contributed by atoms with van der Waals surface area (Å²) in [7, 11) is 1.13. The quantitative estimate of drug-likeness (QED) is 0.673. The van der Waals surface area contributed by atoms with Gasteiger partial charge in [-0.25, -0.2) is 0 Å². The Morgan fingerprint density at radius 1 is 1.41 bits per heavy atom. The summed E-state index contributed by atoms with van der Waals surface area (Å²) in [5, 5.41) is 0. The average molecular weight is 265 g/mol. The van der Waals surface area contributed by atoms with Crippen molar-refractivity contribution in [2.75, 3.05) is 7.11 Å². The number of rotatable bonds is 3. The third kappa shape index (κ3) is 3.94. The number of carbonyl (C=O) groups excluding carboxylic acids is 1. The number of ether oxygens (including phenoxy) is 1. The van der Waals surface area contributed by atoms with Gasteiger partial charge in [-0.3, -0.25) is 4.79 Å². The van der Waals surface area contributed by atoms with Crippen LogP contribution >= 0.6 is 11.8 Å². The molecule has 0 aromatic heterocycles. The maximum absolute atomic E-state index is 12.3. The minimum Gasteiger partial charge on any atom is -0.468 e. The van der Waals surface area contributed by atoms with E-state index in [9.17, 15) is 18.0 Å². The van der Waals surface area contributed by atoms with Crippen molar-refractivity contribution < 1.29 is 22.7 Å². The van der Waals surface area contributed by atoms with Crippen molar-refractivity contribution in [2.45, 2.75) is 16.4 Å². The lowest BCUT2D eigenvalue weighted by molar-refractivity contribution is -0.142. The highest BCUT2D eigenvalue weighted by molar-refractivity contribution is 8.00. The molecular formula is C10H10F3NO2S. The molecule has 94 valence electrons. The van der Waals surface area contributed by atoms with E-state index in [1.165, 1.54) is 24.3 Å². The molecule has 0 saturated heterocycles. The molecule has 0 amide bonds. The highest BCUT2D eigenvalue weighted by atomic mass is 32.2. The van der Waals surface area contributed by atoms with Gasteiger partial charge in [0.1, 0.15) is 6.04 Å². The normalized spacial score (nSPS) is 13.2. The van der Waals surface area contributed by atoms with E-state index in [4.69, 9.17) is 5.73 Å². The molecule has 0 aliphatic carbocycles. The molecule has 3 nitrogen and oxygen atoms in total. The lowest BCUT2D eigenvalue weighted by Crippen LogP contribution is -2.23. The van der Waals surface area contributed by atoms with Gasteiger partial charge in [-0.2, -0.15) is 13.2 Å². The fraction of sp³-hybridized carbons (Fsp3) is 0.300. The van der Waals surface area contributed by atoms with Gasteiger partial charge in [-0.1, -0.05) is 18.2 Å². The molecule has 0 heterocycles. The SMILES string of the molecule is COC(=O)C(N)c1ccccc1SC(F)(F)F. The first-order valence-electron chi connectivity index (χ1n) is 4.53. The van der Waals surface area contributed by atoms with Crippen LogP contribution in [0.5, 0.6) is 0 Å². The fourth-order valence-electron chi connectivity index (χ4n) is 1.21. The first-order chi connectivity index (χ1) is 7.85. The number of benzene rings is 1. The number of nitrogens with two attached hydrogens (primary N) is 1. The van der Waals surface area contributed by atoms with Crippen LogP contribution in [0.25, 0.3) is 0 Å². The summed E-state index contributed by atoms with van der Waals surface area (Å²) in [4.78, 5) is 11.1. The van der Waals surface area contributed by atoms with Crippen molar-refractivity contribution in [2.24, 2.45) is 5.73 Å². The largest absolute Gasteiger partial charge is 0.468 e. The number of esters is 1. The van der Waals surface area contributed by atoms with E-state index in [0.29, 0.717) is 0 Å². The Morgan fingerprint density at radius 3 is 2.53 bits per heavy atom. The Bertz CT molecular complexity index is 409. The monoisotopic (exact) mass is 265 g/mol. The summed E-state index contributed by atoms with van der Waals surface area (Å²) in [5.41, 5.74) is 1.19. The topological polar surface area (TPSA) is 52.3 Å². The van der Waals surface area contributed by atoms with E-state index < -0.39 is 17.5 Å². The molecule has 1 aromatic rings. The van der Waals surface area contributed by atoms with Crippen LogP contribution in [-0.4, -0.2) is 18.6 Å². The van der Waals surface area contributed by atoms with E-state index in [-0.39, 0.29) is 22.2 Å². The molecular weight excluding hydrogens is 255 g/mol. The predicted molar refractivity (Wildman–Crippen MR) is 57.3 cm³/mol. The lowest BCUT2D eigenvalue weighted by Gasteiger charge is -2.14. The number of methoxy groups -OCH3 is 1. The van der Waals surface area contributed by atoms with Crippen LogP contribution in [0.15, 0.2) is 29.2 Å². The van der Waals surface area contributed by atoms with E-state index >= 15 is 0 Å². The maximum Gasteiger partial charge on any atom is 0.446 e. The zero-order valence-electron chi connectivity index (χ0n) is 8.82.